The summed E-state index contributed by atoms with van der Waals surface area (Å²) in [5.41, 5.74) is 2.59. The maximum Gasteiger partial charge on any atom is 0.123 e. The SMILES string of the molecule is Cl.Fc1ccc(C2(c3ccccc3)CCNCC2)cc1. The number of benzene rings is 2. The maximum atomic E-state index is 13.2. The van der Waals surface area contributed by atoms with Crippen LogP contribution in [0.3, 0.4) is 0 Å². The Hall–Kier alpha value is -1.38. The minimum atomic E-state index is -0.166. The molecular weight excluding hydrogens is 273 g/mol. The van der Waals surface area contributed by atoms with Crippen LogP contribution in [0.5, 0.6) is 0 Å². The molecule has 2 aromatic rings. The Kier molecular flexibility index (Phi) is 4.79. The molecule has 1 fully saturated rings. The molecule has 0 saturated carbocycles. The van der Waals surface area contributed by atoms with E-state index in [-0.39, 0.29) is 23.6 Å². The normalized spacial score (nSPS) is 17.2. The van der Waals surface area contributed by atoms with Gasteiger partial charge in [0.2, 0.25) is 0 Å². The highest BCUT2D eigenvalue weighted by Gasteiger charge is 2.35. The standard InChI is InChI=1S/C17H18FN.ClH/c18-16-8-6-15(7-9-16)17(10-12-19-13-11-17)14-4-2-1-3-5-14;/h1-9,19H,10-13H2;1H. The van der Waals surface area contributed by atoms with Crippen LogP contribution in [0.25, 0.3) is 0 Å². The molecule has 1 heterocycles. The van der Waals surface area contributed by atoms with Crippen LogP contribution in [0.15, 0.2) is 54.6 Å². The molecule has 3 rings (SSSR count). The fraction of sp³-hybridized carbons (Fsp3) is 0.294. The van der Waals surface area contributed by atoms with Crippen molar-refractivity contribution in [3.63, 3.8) is 0 Å². The third-order valence-corrected chi connectivity index (χ3v) is 4.18. The number of hydrogen-bond acceptors (Lipinski definition) is 1. The van der Waals surface area contributed by atoms with Gasteiger partial charge in [0.1, 0.15) is 5.82 Å². The van der Waals surface area contributed by atoms with E-state index >= 15 is 0 Å². The van der Waals surface area contributed by atoms with Crippen LogP contribution in [-0.4, -0.2) is 13.1 Å². The maximum absolute atomic E-state index is 13.2. The molecular formula is C17H19ClFN. The molecule has 1 aliphatic rings. The summed E-state index contributed by atoms with van der Waals surface area (Å²) >= 11 is 0. The summed E-state index contributed by atoms with van der Waals surface area (Å²) in [4.78, 5) is 0. The van der Waals surface area contributed by atoms with Gasteiger partial charge in [-0.25, -0.2) is 4.39 Å². The summed E-state index contributed by atoms with van der Waals surface area (Å²) in [7, 11) is 0. The molecule has 0 aromatic heterocycles. The zero-order chi connectivity index (χ0) is 13.1. The van der Waals surface area contributed by atoms with Crippen molar-refractivity contribution >= 4 is 12.4 Å². The lowest BCUT2D eigenvalue weighted by Crippen LogP contribution is -2.40. The topological polar surface area (TPSA) is 12.0 Å². The lowest BCUT2D eigenvalue weighted by molar-refractivity contribution is 0.362. The Balaban J connectivity index is 0.00000147. The summed E-state index contributed by atoms with van der Waals surface area (Å²) in [5.74, 6) is -0.166. The molecule has 0 bridgehead atoms. The molecule has 0 atom stereocenters. The highest BCUT2D eigenvalue weighted by atomic mass is 35.5. The van der Waals surface area contributed by atoms with E-state index in [9.17, 15) is 4.39 Å². The van der Waals surface area contributed by atoms with Crippen LogP contribution in [0.2, 0.25) is 0 Å². The van der Waals surface area contributed by atoms with Crippen molar-refractivity contribution in [3.05, 3.63) is 71.5 Å². The number of rotatable bonds is 2. The van der Waals surface area contributed by atoms with Crippen molar-refractivity contribution in [2.24, 2.45) is 0 Å². The molecule has 0 spiro atoms. The number of nitrogens with one attached hydrogen (secondary N) is 1. The van der Waals surface area contributed by atoms with Gasteiger partial charge in [0.15, 0.2) is 0 Å². The van der Waals surface area contributed by atoms with E-state index in [1.54, 1.807) is 12.1 Å². The van der Waals surface area contributed by atoms with Crippen LogP contribution >= 0.6 is 12.4 Å². The van der Waals surface area contributed by atoms with Crippen molar-refractivity contribution in [2.75, 3.05) is 13.1 Å². The minimum absolute atomic E-state index is 0. The molecule has 20 heavy (non-hydrogen) atoms. The average Bonchev–Trinajstić information content (AvgIpc) is 2.49. The molecule has 1 aliphatic heterocycles. The molecule has 2 aromatic carbocycles. The summed E-state index contributed by atoms with van der Waals surface area (Å²) in [6.07, 6.45) is 2.12. The van der Waals surface area contributed by atoms with Crippen LogP contribution in [-0.2, 0) is 5.41 Å². The summed E-state index contributed by atoms with van der Waals surface area (Å²) in [6, 6.07) is 17.6. The molecule has 0 aliphatic carbocycles. The highest BCUT2D eigenvalue weighted by Crippen LogP contribution is 2.39. The quantitative estimate of drug-likeness (QED) is 0.884. The van der Waals surface area contributed by atoms with Crippen LogP contribution in [0.1, 0.15) is 24.0 Å². The first-order chi connectivity index (χ1) is 9.31. The average molecular weight is 292 g/mol. The molecule has 0 unspecified atom stereocenters. The van der Waals surface area contributed by atoms with Gasteiger partial charge in [-0.1, -0.05) is 42.5 Å². The van der Waals surface area contributed by atoms with Crippen molar-refractivity contribution < 1.29 is 4.39 Å². The second kappa shape index (κ2) is 6.38. The van der Waals surface area contributed by atoms with E-state index in [0.29, 0.717) is 0 Å². The number of halogens is 2. The smallest absolute Gasteiger partial charge is 0.123 e. The van der Waals surface area contributed by atoms with Gasteiger partial charge < -0.3 is 5.32 Å². The Bertz CT molecular complexity index is 533. The summed E-state index contributed by atoms with van der Waals surface area (Å²) < 4.78 is 13.2. The molecule has 1 nitrogen and oxygen atoms in total. The second-order valence-electron chi connectivity index (χ2n) is 5.21. The predicted molar refractivity (Wildman–Crippen MR) is 83.0 cm³/mol. The van der Waals surface area contributed by atoms with Crippen molar-refractivity contribution in [1.29, 1.82) is 0 Å². The first-order valence-electron chi connectivity index (χ1n) is 6.84. The van der Waals surface area contributed by atoms with E-state index in [2.05, 4.69) is 29.6 Å². The Morgan fingerprint density at radius 3 is 1.95 bits per heavy atom. The largest absolute Gasteiger partial charge is 0.317 e. The Morgan fingerprint density at radius 1 is 0.800 bits per heavy atom. The molecule has 1 saturated heterocycles. The Labute approximate surface area is 125 Å². The zero-order valence-electron chi connectivity index (χ0n) is 11.3. The zero-order valence-corrected chi connectivity index (χ0v) is 12.1. The third kappa shape index (κ3) is 2.72. The van der Waals surface area contributed by atoms with Gasteiger partial charge >= 0.3 is 0 Å². The molecule has 106 valence electrons. The lowest BCUT2D eigenvalue weighted by atomic mass is 9.68. The summed E-state index contributed by atoms with van der Waals surface area (Å²) in [6.45, 7) is 2.01. The first kappa shape index (κ1) is 15.0. The van der Waals surface area contributed by atoms with Gasteiger partial charge in [-0.15, -0.1) is 12.4 Å². The van der Waals surface area contributed by atoms with Gasteiger partial charge in [-0.05, 0) is 49.2 Å². The number of piperidine rings is 1. The minimum Gasteiger partial charge on any atom is -0.317 e. The van der Waals surface area contributed by atoms with Gasteiger partial charge in [0, 0.05) is 5.41 Å². The Morgan fingerprint density at radius 2 is 1.35 bits per heavy atom. The van der Waals surface area contributed by atoms with Crippen molar-refractivity contribution in [1.82, 2.24) is 5.32 Å². The monoisotopic (exact) mass is 291 g/mol. The molecule has 0 amide bonds. The van der Waals surface area contributed by atoms with Crippen LogP contribution in [0.4, 0.5) is 4.39 Å². The highest BCUT2D eigenvalue weighted by molar-refractivity contribution is 5.85. The van der Waals surface area contributed by atoms with E-state index in [0.717, 1.165) is 25.9 Å². The van der Waals surface area contributed by atoms with E-state index in [1.165, 1.54) is 11.1 Å². The van der Waals surface area contributed by atoms with E-state index in [1.807, 2.05) is 18.2 Å². The van der Waals surface area contributed by atoms with E-state index in [4.69, 9.17) is 0 Å². The first-order valence-corrected chi connectivity index (χ1v) is 6.84. The fourth-order valence-electron chi connectivity index (χ4n) is 3.12. The molecule has 3 heteroatoms. The second-order valence-corrected chi connectivity index (χ2v) is 5.21. The number of hydrogen-bond donors (Lipinski definition) is 1. The van der Waals surface area contributed by atoms with Crippen LogP contribution < -0.4 is 5.32 Å². The van der Waals surface area contributed by atoms with E-state index < -0.39 is 0 Å². The molecule has 1 N–H and O–H groups in total. The fourth-order valence-corrected chi connectivity index (χ4v) is 3.12. The van der Waals surface area contributed by atoms with Gasteiger partial charge in [0.05, 0.1) is 0 Å². The third-order valence-electron chi connectivity index (χ3n) is 4.18. The van der Waals surface area contributed by atoms with Gasteiger partial charge in [-0.3, -0.25) is 0 Å². The van der Waals surface area contributed by atoms with Crippen LogP contribution in [0, 0.1) is 5.82 Å². The van der Waals surface area contributed by atoms with Gasteiger partial charge in [0.25, 0.3) is 0 Å². The molecule has 0 radical (unpaired) electrons. The van der Waals surface area contributed by atoms with Crippen molar-refractivity contribution in [2.45, 2.75) is 18.3 Å². The summed E-state index contributed by atoms with van der Waals surface area (Å²) in [5, 5.41) is 3.42. The van der Waals surface area contributed by atoms with Crippen molar-refractivity contribution in [3.8, 4) is 0 Å². The van der Waals surface area contributed by atoms with Gasteiger partial charge in [-0.2, -0.15) is 0 Å². The lowest BCUT2D eigenvalue weighted by Gasteiger charge is -2.39. The predicted octanol–water partition coefficient (Wildman–Crippen LogP) is 3.92.